The van der Waals surface area contributed by atoms with Crippen molar-refractivity contribution in [3.05, 3.63) is 33.9 Å². The van der Waals surface area contributed by atoms with Crippen molar-refractivity contribution in [2.75, 3.05) is 26.2 Å². The van der Waals surface area contributed by atoms with Crippen LogP contribution >= 0.6 is 11.5 Å². The number of carbonyl (C=O) groups excluding carboxylic acids is 2. The SMILES string of the molecule is O=C1NCCN1C1CCN(C(=O)n2sc3c(ccc[n+]3[O-])c2=O)CC1. The summed E-state index contributed by atoms with van der Waals surface area (Å²) in [6.07, 6.45) is 2.67. The van der Waals surface area contributed by atoms with E-state index in [-0.39, 0.29) is 22.3 Å². The van der Waals surface area contributed by atoms with E-state index < -0.39 is 11.6 Å². The summed E-state index contributed by atoms with van der Waals surface area (Å²) in [5.74, 6) is 0. The molecule has 10 heteroatoms. The first kappa shape index (κ1) is 15.9. The van der Waals surface area contributed by atoms with Crippen LogP contribution in [0.1, 0.15) is 12.8 Å². The summed E-state index contributed by atoms with van der Waals surface area (Å²) in [4.78, 5) is 40.5. The minimum Gasteiger partial charge on any atom is -0.618 e. The van der Waals surface area contributed by atoms with Gasteiger partial charge in [0.05, 0.1) is 0 Å². The standard InChI is InChI=1S/C15H17N5O4S/c21-12-11-2-1-6-19(24)13(11)25-20(12)15(23)17-7-3-10(4-8-17)18-9-5-16-14(18)22/h1-2,6,10H,3-5,7-9H2,(H,16,22). The van der Waals surface area contributed by atoms with Crippen LogP contribution in [0.5, 0.6) is 0 Å². The minimum atomic E-state index is -0.462. The van der Waals surface area contributed by atoms with Crippen molar-refractivity contribution in [1.82, 2.24) is 19.1 Å². The molecule has 2 aromatic heterocycles. The second kappa shape index (κ2) is 6.03. The van der Waals surface area contributed by atoms with Crippen molar-refractivity contribution in [1.29, 1.82) is 0 Å². The van der Waals surface area contributed by atoms with Gasteiger partial charge in [0.1, 0.15) is 5.39 Å². The molecule has 0 aliphatic carbocycles. The zero-order valence-corrected chi connectivity index (χ0v) is 14.2. The zero-order valence-electron chi connectivity index (χ0n) is 13.4. The molecular formula is C15H17N5O4S. The van der Waals surface area contributed by atoms with E-state index in [9.17, 15) is 19.6 Å². The summed E-state index contributed by atoms with van der Waals surface area (Å²) in [6, 6.07) is 2.70. The predicted octanol–water partition coefficient (Wildman–Crippen LogP) is 0.154. The molecular weight excluding hydrogens is 346 g/mol. The number of urea groups is 1. The van der Waals surface area contributed by atoms with E-state index in [0.29, 0.717) is 43.8 Å². The Morgan fingerprint density at radius 3 is 2.68 bits per heavy atom. The van der Waals surface area contributed by atoms with Crippen molar-refractivity contribution < 1.29 is 14.3 Å². The smallest absolute Gasteiger partial charge is 0.340 e. The normalized spacial score (nSPS) is 18.8. The molecule has 0 atom stereocenters. The first-order valence-electron chi connectivity index (χ1n) is 8.14. The van der Waals surface area contributed by atoms with Crippen LogP contribution in [0.4, 0.5) is 9.59 Å². The van der Waals surface area contributed by atoms with Crippen LogP contribution in [0.3, 0.4) is 0 Å². The fourth-order valence-electron chi connectivity index (χ4n) is 3.42. The average Bonchev–Trinajstić information content (AvgIpc) is 3.19. The first-order chi connectivity index (χ1) is 12.1. The summed E-state index contributed by atoms with van der Waals surface area (Å²) in [5.41, 5.74) is -0.462. The van der Waals surface area contributed by atoms with Gasteiger partial charge in [0.2, 0.25) is 0 Å². The maximum atomic E-state index is 12.7. The molecule has 25 heavy (non-hydrogen) atoms. The fourth-order valence-corrected chi connectivity index (χ4v) is 4.37. The highest BCUT2D eigenvalue weighted by molar-refractivity contribution is 7.13. The van der Waals surface area contributed by atoms with Crippen LogP contribution in [0, 0.1) is 5.21 Å². The molecule has 2 saturated heterocycles. The van der Waals surface area contributed by atoms with E-state index in [4.69, 9.17) is 0 Å². The quantitative estimate of drug-likeness (QED) is 0.576. The van der Waals surface area contributed by atoms with Gasteiger partial charge in [-0.15, -0.1) is 0 Å². The summed E-state index contributed by atoms with van der Waals surface area (Å²) < 4.78 is 1.64. The van der Waals surface area contributed by atoms with E-state index in [1.807, 2.05) is 4.90 Å². The van der Waals surface area contributed by atoms with Gasteiger partial charge >= 0.3 is 16.9 Å². The summed E-state index contributed by atoms with van der Waals surface area (Å²) in [5, 5.41) is 14.8. The van der Waals surface area contributed by atoms with Gasteiger partial charge in [0.15, 0.2) is 6.20 Å². The molecule has 9 nitrogen and oxygen atoms in total. The van der Waals surface area contributed by atoms with E-state index in [1.54, 1.807) is 11.0 Å². The fraction of sp³-hybridized carbons (Fsp3) is 0.467. The number of rotatable bonds is 1. The van der Waals surface area contributed by atoms with E-state index in [2.05, 4.69) is 5.32 Å². The lowest BCUT2D eigenvalue weighted by molar-refractivity contribution is -0.574. The molecule has 0 aromatic carbocycles. The second-order valence-electron chi connectivity index (χ2n) is 6.17. The van der Waals surface area contributed by atoms with Crippen LogP contribution in [-0.2, 0) is 0 Å². The van der Waals surface area contributed by atoms with Crippen LogP contribution in [0.2, 0.25) is 0 Å². The third-order valence-electron chi connectivity index (χ3n) is 4.75. The van der Waals surface area contributed by atoms with Gasteiger partial charge < -0.3 is 20.3 Å². The molecule has 2 aromatic rings. The molecule has 4 rings (SSSR count). The van der Waals surface area contributed by atoms with Crippen LogP contribution in [-0.4, -0.2) is 58.0 Å². The van der Waals surface area contributed by atoms with Crippen molar-refractivity contribution in [2.45, 2.75) is 18.9 Å². The Labute approximate surface area is 146 Å². The molecule has 2 aliphatic heterocycles. The van der Waals surface area contributed by atoms with Gasteiger partial charge in [0, 0.05) is 49.8 Å². The number of aromatic nitrogens is 2. The largest absolute Gasteiger partial charge is 0.618 e. The van der Waals surface area contributed by atoms with Gasteiger partial charge in [-0.2, -0.15) is 8.69 Å². The molecule has 4 heterocycles. The van der Waals surface area contributed by atoms with Crippen molar-refractivity contribution in [3.63, 3.8) is 0 Å². The molecule has 3 amide bonds. The zero-order chi connectivity index (χ0) is 17.6. The third-order valence-corrected chi connectivity index (χ3v) is 5.82. The Morgan fingerprint density at radius 1 is 1.28 bits per heavy atom. The molecule has 2 aliphatic rings. The lowest BCUT2D eigenvalue weighted by Gasteiger charge is -2.35. The Kier molecular flexibility index (Phi) is 3.83. The maximum Gasteiger partial charge on any atom is 0.340 e. The highest BCUT2D eigenvalue weighted by Crippen LogP contribution is 2.20. The Hall–Kier alpha value is -2.62. The predicted molar refractivity (Wildman–Crippen MR) is 90.5 cm³/mol. The highest BCUT2D eigenvalue weighted by Gasteiger charge is 2.33. The van der Waals surface area contributed by atoms with E-state index in [1.165, 1.54) is 12.3 Å². The molecule has 132 valence electrons. The van der Waals surface area contributed by atoms with E-state index in [0.717, 1.165) is 15.5 Å². The minimum absolute atomic E-state index is 0.0505. The summed E-state index contributed by atoms with van der Waals surface area (Å²) in [7, 11) is 0. The van der Waals surface area contributed by atoms with Crippen LogP contribution in [0.25, 0.3) is 10.2 Å². The number of nitrogens with zero attached hydrogens (tertiary/aromatic N) is 4. The number of hydrogen-bond acceptors (Lipinski definition) is 5. The summed E-state index contributed by atoms with van der Waals surface area (Å²) in [6.45, 7) is 2.30. The van der Waals surface area contributed by atoms with Crippen LogP contribution < -0.4 is 15.6 Å². The molecule has 0 bridgehead atoms. The number of fused-ring (bicyclic) bond motifs is 1. The molecule has 2 fully saturated rings. The second-order valence-corrected chi connectivity index (χ2v) is 7.10. The third kappa shape index (κ3) is 2.62. The molecule has 1 N–H and O–H groups in total. The molecule has 0 unspecified atom stereocenters. The first-order valence-corrected chi connectivity index (χ1v) is 8.91. The Morgan fingerprint density at radius 2 is 2.04 bits per heavy atom. The monoisotopic (exact) mass is 363 g/mol. The Bertz CT molecular complexity index is 899. The maximum absolute atomic E-state index is 12.7. The molecule has 0 radical (unpaired) electrons. The number of piperidine rings is 1. The number of pyridine rings is 1. The van der Waals surface area contributed by atoms with Crippen molar-refractivity contribution in [3.8, 4) is 0 Å². The summed E-state index contributed by atoms with van der Waals surface area (Å²) >= 11 is 0.868. The van der Waals surface area contributed by atoms with Crippen molar-refractivity contribution in [2.24, 2.45) is 0 Å². The van der Waals surface area contributed by atoms with Gasteiger partial charge in [-0.1, -0.05) is 0 Å². The Balaban J connectivity index is 1.51. The van der Waals surface area contributed by atoms with Crippen LogP contribution in [0.15, 0.2) is 23.1 Å². The number of likely N-dealkylation sites (tertiary alicyclic amines) is 1. The lowest BCUT2D eigenvalue weighted by Crippen LogP contribution is -2.49. The number of hydrogen-bond donors (Lipinski definition) is 1. The number of nitrogens with one attached hydrogen (secondary N) is 1. The van der Waals surface area contributed by atoms with Gasteiger partial charge in [0.25, 0.3) is 5.56 Å². The van der Waals surface area contributed by atoms with Gasteiger partial charge in [-0.25, -0.2) is 9.59 Å². The van der Waals surface area contributed by atoms with Gasteiger partial charge in [-0.3, -0.25) is 4.79 Å². The number of carbonyl (C=O) groups is 2. The molecule has 0 saturated carbocycles. The topological polar surface area (TPSA) is 102 Å². The number of amides is 3. The lowest BCUT2D eigenvalue weighted by atomic mass is 10.0. The van der Waals surface area contributed by atoms with Gasteiger partial charge in [-0.05, 0) is 18.9 Å². The highest BCUT2D eigenvalue weighted by atomic mass is 32.1. The molecule has 0 spiro atoms. The van der Waals surface area contributed by atoms with E-state index >= 15 is 0 Å². The average molecular weight is 363 g/mol. The van der Waals surface area contributed by atoms with Crippen molar-refractivity contribution >= 4 is 33.8 Å².